The van der Waals surface area contributed by atoms with E-state index in [-0.39, 0.29) is 42.2 Å². The molecule has 232 valence electrons. The van der Waals surface area contributed by atoms with E-state index in [9.17, 15) is 39.6 Å². The topological polar surface area (TPSA) is 203 Å². The van der Waals surface area contributed by atoms with Crippen LogP contribution >= 0.6 is 0 Å². The van der Waals surface area contributed by atoms with Gasteiger partial charge in [0.2, 0.25) is 11.7 Å². The van der Waals surface area contributed by atoms with Crippen molar-refractivity contribution in [2.75, 3.05) is 40.1 Å². The summed E-state index contributed by atoms with van der Waals surface area (Å²) in [7, 11) is 6.17. The minimum Gasteiger partial charge on any atom is -0.508 e. The first-order valence-corrected chi connectivity index (χ1v) is 13.9. The molecule has 13 nitrogen and oxygen atoms in total. The second-order valence-corrected chi connectivity index (χ2v) is 11.5. The number of nitrogens with zero attached hydrogens (tertiary/aromatic N) is 2. The van der Waals surface area contributed by atoms with Crippen molar-refractivity contribution in [3.8, 4) is 16.9 Å². The maximum Gasteiger partial charge on any atom is 0.255 e. The Hall–Kier alpha value is -4.56. The summed E-state index contributed by atoms with van der Waals surface area (Å²) in [5.41, 5.74) is 4.02. The number of anilines is 1. The molecule has 0 aromatic heterocycles. The van der Waals surface area contributed by atoms with E-state index in [0.29, 0.717) is 22.4 Å². The summed E-state index contributed by atoms with van der Waals surface area (Å²) in [6, 6.07) is 8.81. The number of hydroxylamine groups is 2. The molecular formula is C31H34N4O9. The highest BCUT2D eigenvalue weighted by atomic mass is 16.7. The van der Waals surface area contributed by atoms with Gasteiger partial charge in [-0.15, -0.1) is 0 Å². The second kappa shape index (κ2) is 11.2. The monoisotopic (exact) mass is 606 g/mol. The molecule has 0 saturated heterocycles. The molecule has 13 heteroatoms. The predicted octanol–water partition coefficient (Wildman–Crippen LogP) is 1.06. The van der Waals surface area contributed by atoms with Gasteiger partial charge < -0.3 is 36.3 Å². The molecule has 0 aliphatic heterocycles. The molecule has 2 aromatic rings. The number of carbonyl (C=O) groups is 4. The average Bonchev–Trinajstić information content (AvgIpc) is 2.95. The Balaban J connectivity index is 1.58. The third-order valence-corrected chi connectivity index (χ3v) is 8.76. The number of carbonyl (C=O) groups excluding carboxylic acids is 4. The van der Waals surface area contributed by atoms with Crippen LogP contribution in [0.4, 0.5) is 5.69 Å². The SMILES string of the molecule is CON(C)CC(=O)Nc1ccc(-c2ccc(O)c3c2C[C@H]2C[C@H]4C(N(C)C)C(=O)C(C(N)=O)=C(O)[C@@]4(O)C(=O)C2=C3O)cc1. The van der Waals surface area contributed by atoms with Crippen LogP contribution in [0.2, 0.25) is 0 Å². The van der Waals surface area contributed by atoms with Crippen molar-refractivity contribution in [1.82, 2.24) is 9.96 Å². The molecule has 1 unspecified atom stereocenters. The number of primary amides is 1. The number of benzene rings is 2. The Labute approximate surface area is 252 Å². The molecule has 1 saturated carbocycles. The zero-order chi connectivity index (χ0) is 32.2. The van der Waals surface area contributed by atoms with Crippen LogP contribution in [0.5, 0.6) is 5.75 Å². The number of hydrogen-bond donors (Lipinski definition) is 6. The lowest BCUT2D eigenvalue weighted by Gasteiger charge is -2.50. The van der Waals surface area contributed by atoms with Crippen LogP contribution < -0.4 is 11.1 Å². The smallest absolute Gasteiger partial charge is 0.255 e. The lowest BCUT2D eigenvalue weighted by atomic mass is 9.57. The van der Waals surface area contributed by atoms with Gasteiger partial charge in [0.25, 0.3) is 5.91 Å². The van der Waals surface area contributed by atoms with Crippen LogP contribution in [0.15, 0.2) is 53.3 Å². The number of Topliss-reactive ketones (excluding diaryl/α,β-unsaturated/α-hetero) is 2. The van der Waals surface area contributed by atoms with Crippen molar-refractivity contribution in [2.24, 2.45) is 17.6 Å². The van der Waals surface area contributed by atoms with Crippen LogP contribution in [0.3, 0.4) is 0 Å². The largest absolute Gasteiger partial charge is 0.508 e. The number of aromatic hydroxyl groups is 1. The molecule has 1 fully saturated rings. The Morgan fingerprint density at radius 3 is 2.32 bits per heavy atom. The number of phenolic OH excluding ortho intramolecular Hbond substituents is 1. The molecule has 0 spiro atoms. The number of nitrogens with one attached hydrogen (secondary N) is 1. The van der Waals surface area contributed by atoms with Crippen molar-refractivity contribution >= 4 is 34.8 Å². The number of ketones is 2. The van der Waals surface area contributed by atoms with Gasteiger partial charge in [0, 0.05) is 24.2 Å². The van der Waals surface area contributed by atoms with Gasteiger partial charge in [0.15, 0.2) is 11.4 Å². The molecule has 0 heterocycles. The van der Waals surface area contributed by atoms with Gasteiger partial charge >= 0.3 is 0 Å². The number of amides is 2. The van der Waals surface area contributed by atoms with Gasteiger partial charge in [-0.25, -0.2) is 0 Å². The molecule has 4 atom stereocenters. The average molecular weight is 607 g/mol. The molecule has 3 aliphatic carbocycles. The van der Waals surface area contributed by atoms with Gasteiger partial charge in [0.05, 0.1) is 18.7 Å². The number of aliphatic hydroxyl groups is 3. The van der Waals surface area contributed by atoms with Gasteiger partial charge in [-0.1, -0.05) is 18.2 Å². The summed E-state index contributed by atoms with van der Waals surface area (Å²) < 4.78 is 0. The van der Waals surface area contributed by atoms with Crippen LogP contribution in [0, 0.1) is 11.8 Å². The van der Waals surface area contributed by atoms with Gasteiger partial charge in [-0.05, 0) is 67.7 Å². The summed E-state index contributed by atoms with van der Waals surface area (Å²) in [4.78, 5) is 58.1. The first kappa shape index (κ1) is 30.9. The minimum atomic E-state index is -2.70. The Morgan fingerprint density at radius 2 is 1.73 bits per heavy atom. The molecule has 44 heavy (non-hydrogen) atoms. The lowest BCUT2D eigenvalue weighted by molar-refractivity contribution is -0.153. The summed E-state index contributed by atoms with van der Waals surface area (Å²) in [6.07, 6.45) is 0.141. The van der Waals surface area contributed by atoms with Crippen molar-refractivity contribution < 1.29 is 44.4 Å². The van der Waals surface area contributed by atoms with E-state index in [1.807, 2.05) is 0 Å². The fraction of sp³-hybridized carbons (Fsp3) is 0.355. The first-order valence-electron chi connectivity index (χ1n) is 13.9. The predicted molar refractivity (Wildman–Crippen MR) is 158 cm³/mol. The third-order valence-electron chi connectivity index (χ3n) is 8.76. The lowest BCUT2D eigenvalue weighted by Crippen LogP contribution is -2.65. The number of rotatable bonds is 7. The number of phenols is 1. The maximum absolute atomic E-state index is 14.0. The van der Waals surface area contributed by atoms with Crippen LogP contribution in [0.25, 0.3) is 16.9 Å². The maximum atomic E-state index is 14.0. The van der Waals surface area contributed by atoms with Crippen molar-refractivity contribution in [3.05, 3.63) is 64.4 Å². The number of aliphatic hydroxyl groups excluding tert-OH is 2. The molecule has 7 N–H and O–H groups in total. The van der Waals surface area contributed by atoms with E-state index in [0.717, 1.165) is 0 Å². The summed E-state index contributed by atoms with van der Waals surface area (Å²) in [5, 5.41) is 49.1. The van der Waals surface area contributed by atoms with Gasteiger partial charge in [-0.3, -0.25) is 24.1 Å². The van der Waals surface area contributed by atoms with Gasteiger partial charge in [-0.2, -0.15) is 5.06 Å². The highest BCUT2D eigenvalue weighted by molar-refractivity contribution is 6.24. The van der Waals surface area contributed by atoms with Crippen LogP contribution in [0.1, 0.15) is 17.5 Å². The number of nitrogens with two attached hydrogens (primary N) is 1. The van der Waals surface area contributed by atoms with Crippen molar-refractivity contribution in [1.29, 1.82) is 0 Å². The Kier molecular flexibility index (Phi) is 7.84. The van der Waals surface area contributed by atoms with E-state index in [2.05, 4.69) is 5.32 Å². The number of fused-ring (bicyclic) bond motifs is 3. The van der Waals surface area contributed by atoms with E-state index >= 15 is 0 Å². The summed E-state index contributed by atoms with van der Waals surface area (Å²) >= 11 is 0. The van der Waals surface area contributed by atoms with Crippen LogP contribution in [-0.2, 0) is 30.4 Å². The quantitative estimate of drug-likeness (QED) is 0.194. The summed E-state index contributed by atoms with van der Waals surface area (Å²) in [5.74, 6) is -7.31. The number of hydrogen-bond acceptors (Lipinski definition) is 11. The number of likely N-dealkylation sites (N-methyl/N-ethyl adjacent to an activating group) is 2. The van der Waals surface area contributed by atoms with Crippen molar-refractivity contribution in [2.45, 2.75) is 24.5 Å². The minimum absolute atomic E-state index is 0.00114. The molecule has 0 radical (unpaired) electrons. The summed E-state index contributed by atoms with van der Waals surface area (Å²) in [6.45, 7) is 0.0194. The molecular weight excluding hydrogens is 572 g/mol. The first-order chi connectivity index (χ1) is 20.7. The standard InChI is InChI=1S/C31H34N4O9/c1-34(2)25-19-12-15-11-18-17(14-5-7-16(8-6-14)33-21(37)13-35(3)44-4)9-10-20(36)23(18)26(38)22(15)28(40)31(19,43)29(41)24(27(25)39)30(32)42/h5-10,15,19,25,36,38,41,43H,11-13H2,1-4H3,(H2,32,42)(H,33,37)/t15-,19-,25?,31-/m0/s1. The zero-order valence-electron chi connectivity index (χ0n) is 24.6. The highest BCUT2D eigenvalue weighted by Crippen LogP contribution is 2.53. The Morgan fingerprint density at radius 1 is 1.07 bits per heavy atom. The normalized spacial score (nSPS) is 24.8. The molecule has 2 amide bonds. The van der Waals surface area contributed by atoms with Crippen LogP contribution in [-0.4, -0.2) is 100 Å². The fourth-order valence-corrected chi connectivity index (χ4v) is 6.71. The zero-order valence-corrected chi connectivity index (χ0v) is 24.6. The molecule has 2 aromatic carbocycles. The van der Waals surface area contributed by atoms with E-state index in [4.69, 9.17) is 10.6 Å². The Bertz CT molecular complexity index is 1650. The second-order valence-electron chi connectivity index (χ2n) is 11.5. The van der Waals surface area contributed by atoms with E-state index in [1.54, 1.807) is 51.5 Å². The molecule has 5 rings (SSSR count). The van der Waals surface area contributed by atoms with E-state index < -0.39 is 58.0 Å². The van der Waals surface area contributed by atoms with E-state index in [1.165, 1.54) is 23.1 Å². The molecule has 0 bridgehead atoms. The molecule has 3 aliphatic rings. The fourth-order valence-electron chi connectivity index (χ4n) is 6.71. The third kappa shape index (κ3) is 4.74. The van der Waals surface area contributed by atoms with Gasteiger partial charge in [0.1, 0.15) is 29.4 Å². The van der Waals surface area contributed by atoms with Crippen molar-refractivity contribution in [3.63, 3.8) is 0 Å². The highest BCUT2D eigenvalue weighted by Gasteiger charge is 2.64.